The molecule has 0 unspecified atom stereocenters. The lowest BCUT2D eigenvalue weighted by molar-refractivity contribution is -0.119. The summed E-state index contributed by atoms with van der Waals surface area (Å²) in [7, 11) is -3.67. The molecular formula is C21H20N4O6S. The van der Waals surface area contributed by atoms with Crippen molar-refractivity contribution in [2.75, 3.05) is 25.0 Å². The first kappa shape index (κ1) is 21.7. The number of ether oxygens (including phenoxy) is 1. The minimum Gasteiger partial charge on any atom is -0.452 e. The number of hydrogen-bond acceptors (Lipinski definition) is 8. The molecule has 0 saturated carbocycles. The number of carbonyl (C=O) groups is 2. The lowest BCUT2D eigenvalue weighted by Gasteiger charge is -2.15. The first-order chi connectivity index (χ1) is 15.4. The predicted molar refractivity (Wildman–Crippen MR) is 113 cm³/mol. The second kappa shape index (κ2) is 9.28. The fourth-order valence-corrected chi connectivity index (χ4v) is 4.77. The van der Waals surface area contributed by atoms with Crippen molar-refractivity contribution in [3.05, 3.63) is 60.2 Å². The standard InChI is InChI=1S/C21H20N4O6S/c26-18(22-21-24-23-19(31-21)15-7-2-1-3-8-15)14-30-20(27)16-9-6-10-17(13-16)32(28,29)25-11-4-5-12-25/h1-3,6-10,13H,4-5,11-12,14H2,(H,22,24,26). The monoisotopic (exact) mass is 456 g/mol. The van der Waals surface area contributed by atoms with Gasteiger partial charge in [0.05, 0.1) is 10.5 Å². The van der Waals surface area contributed by atoms with Gasteiger partial charge in [-0.05, 0) is 43.2 Å². The van der Waals surface area contributed by atoms with E-state index in [2.05, 4.69) is 15.5 Å². The highest BCUT2D eigenvalue weighted by atomic mass is 32.2. The molecule has 1 aliphatic rings. The zero-order valence-corrected chi connectivity index (χ0v) is 17.7. The summed E-state index contributed by atoms with van der Waals surface area (Å²) in [6.45, 7) is 0.308. The summed E-state index contributed by atoms with van der Waals surface area (Å²) in [6, 6.07) is 14.4. The van der Waals surface area contributed by atoms with Gasteiger partial charge in [0, 0.05) is 18.7 Å². The van der Waals surface area contributed by atoms with Gasteiger partial charge in [-0.1, -0.05) is 29.4 Å². The van der Waals surface area contributed by atoms with Crippen molar-refractivity contribution in [2.24, 2.45) is 0 Å². The SMILES string of the molecule is O=C(COC(=O)c1cccc(S(=O)(=O)N2CCCC2)c1)Nc1nnc(-c2ccccc2)o1. The molecule has 4 rings (SSSR count). The maximum Gasteiger partial charge on any atom is 0.338 e. The Balaban J connectivity index is 1.35. The third kappa shape index (κ3) is 4.84. The van der Waals surface area contributed by atoms with Crippen LogP contribution in [0.2, 0.25) is 0 Å². The van der Waals surface area contributed by atoms with Crippen molar-refractivity contribution in [3.63, 3.8) is 0 Å². The van der Waals surface area contributed by atoms with Crippen LogP contribution in [0.3, 0.4) is 0 Å². The van der Waals surface area contributed by atoms with Gasteiger partial charge < -0.3 is 9.15 Å². The number of nitrogens with one attached hydrogen (secondary N) is 1. The number of hydrogen-bond donors (Lipinski definition) is 1. The second-order valence-electron chi connectivity index (χ2n) is 7.04. The van der Waals surface area contributed by atoms with E-state index in [0.717, 1.165) is 12.8 Å². The zero-order valence-electron chi connectivity index (χ0n) is 16.9. The van der Waals surface area contributed by atoms with Gasteiger partial charge in [0.15, 0.2) is 6.61 Å². The van der Waals surface area contributed by atoms with E-state index in [1.807, 2.05) is 18.2 Å². The number of aromatic nitrogens is 2. The molecule has 1 aromatic heterocycles. The molecule has 166 valence electrons. The Morgan fingerprint density at radius 3 is 2.53 bits per heavy atom. The average molecular weight is 456 g/mol. The number of anilines is 1. The molecule has 11 heteroatoms. The maximum absolute atomic E-state index is 12.7. The van der Waals surface area contributed by atoms with E-state index in [-0.39, 0.29) is 22.4 Å². The molecule has 1 fully saturated rings. The number of amides is 1. The van der Waals surface area contributed by atoms with Gasteiger partial charge in [-0.25, -0.2) is 13.2 Å². The van der Waals surface area contributed by atoms with E-state index in [1.165, 1.54) is 28.6 Å². The quantitative estimate of drug-likeness (QED) is 0.536. The van der Waals surface area contributed by atoms with Crippen LogP contribution >= 0.6 is 0 Å². The van der Waals surface area contributed by atoms with Crippen LogP contribution in [0.4, 0.5) is 6.01 Å². The second-order valence-corrected chi connectivity index (χ2v) is 8.98. The van der Waals surface area contributed by atoms with Gasteiger partial charge in [-0.2, -0.15) is 4.31 Å². The van der Waals surface area contributed by atoms with Crippen LogP contribution in [0, 0.1) is 0 Å². The first-order valence-corrected chi connectivity index (χ1v) is 11.3. The van der Waals surface area contributed by atoms with Crippen LogP contribution in [0.1, 0.15) is 23.2 Å². The molecule has 0 aliphatic carbocycles. The fourth-order valence-electron chi connectivity index (χ4n) is 3.20. The van der Waals surface area contributed by atoms with Gasteiger partial charge in [-0.3, -0.25) is 10.1 Å². The molecule has 10 nitrogen and oxygen atoms in total. The Kier molecular flexibility index (Phi) is 6.28. The van der Waals surface area contributed by atoms with Crippen LogP contribution in [-0.4, -0.2) is 54.5 Å². The topological polar surface area (TPSA) is 132 Å². The molecular weight excluding hydrogens is 436 g/mol. The molecule has 1 amide bonds. The van der Waals surface area contributed by atoms with Crippen LogP contribution in [0.15, 0.2) is 63.9 Å². The van der Waals surface area contributed by atoms with Crippen molar-refractivity contribution in [3.8, 4) is 11.5 Å². The molecule has 3 aromatic rings. The van der Waals surface area contributed by atoms with E-state index in [0.29, 0.717) is 18.7 Å². The van der Waals surface area contributed by atoms with E-state index in [4.69, 9.17) is 9.15 Å². The van der Waals surface area contributed by atoms with Crippen LogP contribution < -0.4 is 5.32 Å². The van der Waals surface area contributed by atoms with E-state index < -0.39 is 28.5 Å². The molecule has 0 radical (unpaired) electrons. The van der Waals surface area contributed by atoms with Gasteiger partial charge in [0.1, 0.15) is 0 Å². The number of benzene rings is 2. The molecule has 1 saturated heterocycles. The summed E-state index contributed by atoms with van der Waals surface area (Å²) >= 11 is 0. The summed E-state index contributed by atoms with van der Waals surface area (Å²) in [6.07, 6.45) is 1.62. The summed E-state index contributed by atoms with van der Waals surface area (Å²) in [5, 5.41) is 9.93. The first-order valence-electron chi connectivity index (χ1n) is 9.89. The Labute approximate surface area is 184 Å². The fraction of sp³-hybridized carbons (Fsp3) is 0.238. The summed E-state index contributed by atoms with van der Waals surface area (Å²) in [4.78, 5) is 24.4. The number of rotatable bonds is 7. The molecule has 32 heavy (non-hydrogen) atoms. The van der Waals surface area contributed by atoms with E-state index in [9.17, 15) is 18.0 Å². The molecule has 0 atom stereocenters. The van der Waals surface area contributed by atoms with E-state index in [1.54, 1.807) is 12.1 Å². The highest BCUT2D eigenvalue weighted by Gasteiger charge is 2.27. The third-order valence-corrected chi connectivity index (χ3v) is 6.69. The number of nitrogens with zero attached hydrogens (tertiary/aromatic N) is 3. The summed E-state index contributed by atoms with van der Waals surface area (Å²) in [5.74, 6) is -1.27. The Bertz CT molecular complexity index is 1220. The van der Waals surface area contributed by atoms with Crippen molar-refractivity contribution < 1.29 is 27.2 Å². The smallest absolute Gasteiger partial charge is 0.338 e. The Morgan fingerprint density at radius 1 is 1.03 bits per heavy atom. The third-order valence-electron chi connectivity index (χ3n) is 4.80. The highest BCUT2D eigenvalue weighted by molar-refractivity contribution is 7.89. The summed E-state index contributed by atoms with van der Waals surface area (Å²) < 4.78 is 37.1. The zero-order chi connectivity index (χ0) is 22.6. The normalized spacial score (nSPS) is 14.2. The number of carbonyl (C=O) groups excluding carboxylic acids is 2. The summed E-state index contributed by atoms with van der Waals surface area (Å²) in [5.41, 5.74) is 0.720. The van der Waals surface area contributed by atoms with Gasteiger partial charge in [0.25, 0.3) is 5.91 Å². The Morgan fingerprint density at radius 2 is 1.78 bits per heavy atom. The van der Waals surface area contributed by atoms with Gasteiger partial charge >= 0.3 is 12.0 Å². The largest absolute Gasteiger partial charge is 0.452 e. The molecule has 2 aromatic carbocycles. The van der Waals surface area contributed by atoms with Crippen molar-refractivity contribution in [1.29, 1.82) is 0 Å². The minimum atomic E-state index is -3.67. The molecule has 0 spiro atoms. The Hall–Kier alpha value is -3.57. The lowest BCUT2D eigenvalue weighted by atomic mass is 10.2. The van der Waals surface area contributed by atoms with E-state index >= 15 is 0 Å². The molecule has 0 bridgehead atoms. The predicted octanol–water partition coefficient (Wildman–Crippen LogP) is 2.32. The molecule has 1 N–H and O–H groups in total. The van der Waals surface area contributed by atoms with Gasteiger partial charge in [0.2, 0.25) is 15.9 Å². The minimum absolute atomic E-state index is 0.0117. The van der Waals surface area contributed by atoms with Crippen molar-refractivity contribution >= 4 is 27.9 Å². The van der Waals surface area contributed by atoms with Crippen LogP contribution in [-0.2, 0) is 19.6 Å². The number of sulfonamides is 1. The van der Waals surface area contributed by atoms with Crippen molar-refractivity contribution in [2.45, 2.75) is 17.7 Å². The van der Waals surface area contributed by atoms with Crippen LogP contribution in [0.5, 0.6) is 0 Å². The average Bonchev–Trinajstić information content (AvgIpc) is 3.51. The lowest BCUT2D eigenvalue weighted by Crippen LogP contribution is -2.28. The van der Waals surface area contributed by atoms with Gasteiger partial charge in [-0.15, -0.1) is 5.10 Å². The van der Waals surface area contributed by atoms with Crippen LogP contribution in [0.25, 0.3) is 11.5 Å². The number of esters is 1. The van der Waals surface area contributed by atoms with Crippen molar-refractivity contribution in [1.82, 2.24) is 14.5 Å². The maximum atomic E-state index is 12.7. The molecule has 1 aliphatic heterocycles. The molecule has 2 heterocycles. The highest BCUT2D eigenvalue weighted by Crippen LogP contribution is 2.22.